The second-order valence-corrected chi connectivity index (χ2v) is 15.5. The Kier molecular flexibility index (Phi) is 28.4. The Bertz CT molecular complexity index is 1040. The van der Waals surface area contributed by atoms with Crippen molar-refractivity contribution in [1.82, 2.24) is 0 Å². The van der Waals surface area contributed by atoms with Gasteiger partial charge in [-0.2, -0.15) is 0 Å². The first-order chi connectivity index (χ1) is 25.4. The normalized spacial score (nSPS) is 23.7. The molecule has 6 atom stereocenters. The second-order valence-electron chi connectivity index (χ2n) is 14.1. The van der Waals surface area contributed by atoms with Crippen molar-refractivity contribution in [2.24, 2.45) is 0 Å². The highest BCUT2D eigenvalue weighted by atomic mass is 31.2. The molecule has 0 heterocycles. The van der Waals surface area contributed by atoms with Crippen molar-refractivity contribution in [3.8, 4) is 0 Å². The number of esters is 2. The maximum atomic E-state index is 12.6. The molecule has 1 aliphatic rings. The maximum Gasteiger partial charge on any atom is 0.472 e. The molecule has 0 aromatic rings. The van der Waals surface area contributed by atoms with Crippen LogP contribution < -0.4 is 0 Å². The van der Waals surface area contributed by atoms with E-state index in [1.54, 1.807) is 6.92 Å². The third-order valence-corrected chi connectivity index (χ3v) is 10.3. The summed E-state index contributed by atoms with van der Waals surface area (Å²) in [6.07, 6.45) is 18.9. The molecule has 0 amide bonds. The van der Waals surface area contributed by atoms with Crippen LogP contribution in [0.4, 0.5) is 0 Å². The SMILES string of the molecule is CCCCCCC/C=C\C/C=C\CCCCCCCCCCCCCC(=O)OC(COC(=O)CCC)COP(=O)(O)OC1C(O)C(O)C(O)C(O)C1O. The largest absolute Gasteiger partial charge is 0.472 e. The molecule has 0 spiro atoms. The highest BCUT2D eigenvalue weighted by Crippen LogP contribution is 2.47. The van der Waals surface area contributed by atoms with Crippen LogP contribution in [0, 0.1) is 0 Å². The predicted molar refractivity (Wildman–Crippen MR) is 203 cm³/mol. The van der Waals surface area contributed by atoms with Gasteiger partial charge in [0.25, 0.3) is 0 Å². The van der Waals surface area contributed by atoms with Crippen molar-refractivity contribution in [1.29, 1.82) is 0 Å². The first-order valence-electron chi connectivity index (χ1n) is 20.1. The third kappa shape index (κ3) is 23.8. The molecule has 310 valence electrons. The number of aliphatic hydroxyl groups excluding tert-OH is 5. The van der Waals surface area contributed by atoms with Gasteiger partial charge in [0, 0.05) is 12.8 Å². The monoisotopic (exact) mass is 778 g/mol. The van der Waals surface area contributed by atoms with Crippen LogP contribution in [0.1, 0.15) is 155 Å². The van der Waals surface area contributed by atoms with Crippen molar-refractivity contribution in [3.05, 3.63) is 24.3 Å². The van der Waals surface area contributed by atoms with E-state index in [0.717, 1.165) is 38.5 Å². The summed E-state index contributed by atoms with van der Waals surface area (Å²) in [6, 6.07) is 0. The van der Waals surface area contributed by atoms with E-state index in [9.17, 15) is 44.6 Å². The first-order valence-corrected chi connectivity index (χ1v) is 21.6. The van der Waals surface area contributed by atoms with E-state index in [-0.39, 0.29) is 12.8 Å². The molecule has 1 saturated carbocycles. The van der Waals surface area contributed by atoms with Gasteiger partial charge in [0.1, 0.15) is 43.2 Å². The van der Waals surface area contributed by atoms with E-state index < -0.39 is 75.7 Å². The lowest BCUT2D eigenvalue weighted by Gasteiger charge is -2.41. The lowest BCUT2D eigenvalue weighted by atomic mass is 9.85. The summed E-state index contributed by atoms with van der Waals surface area (Å²) in [5, 5.41) is 49.6. The molecular formula is C39H71O13P. The van der Waals surface area contributed by atoms with Crippen LogP contribution in [-0.2, 0) is 32.7 Å². The highest BCUT2D eigenvalue weighted by molar-refractivity contribution is 7.47. The molecule has 1 fully saturated rings. The number of hydrogen-bond acceptors (Lipinski definition) is 12. The molecule has 0 aromatic heterocycles. The second kappa shape index (κ2) is 30.5. The molecule has 0 saturated heterocycles. The summed E-state index contributed by atoms with van der Waals surface area (Å²) in [5.41, 5.74) is 0. The fraction of sp³-hybridized carbons (Fsp3) is 0.846. The van der Waals surface area contributed by atoms with Crippen LogP contribution in [-0.4, -0.2) is 98.3 Å². The average molecular weight is 779 g/mol. The summed E-state index contributed by atoms with van der Waals surface area (Å²) in [4.78, 5) is 34.6. The predicted octanol–water partition coefficient (Wildman–Crippen LogP) is 6.50. The molecule has 1 aliphatic carbocycles. The van der Waals surface area contributed by atoms with Gasteiger partial charge < -0.3 is 39.9 Å². The first kappa shape index (κ1) is 49.3. The zero-order valence-corrected chi connectivity index (χ0v) is 33.2. The van der Waals surface area contributed by atoms with E-state index >= 15 is 0 Å². The smallest absolute Gasteiger partial charge is 0.462 e. The summed E-state index contributed by atoms with van der Waals surface area (Å²) in [7, 11) is -5.09. The van der Waals surface area contributed by atoms with E-state index in [2.05, 4.69) is 31.2 Å². The quantitative estimate of drug-likeness (QED) is 0.0187. The number of ether oxygens (including phenoxy) is 2. The number of carbonyl (C=O) groups excluding carboxylic acids is 2. The molecule has 53 heavy (non-hydrogen) atoms. The minimum Gasteiger partial charge on any atom is -0.462 e. The molecule has 0 bridgehead atoms. The van der Waals surface area contributed by atoms with Crippen molar-refractivity contribution < 1.29 is 63.1 Å². The fourth-order valence-corrected chi connectivity index (χ4v) is 6.97. The van der Waals surface area contributed by atoms with E-state index in [0.29, 0.717) is 12.8 Å². The molecular weight excluding hydrogens is 707 g/mol. The van der Waals surface area contributed by atoms with Crippen molar-refractivity contribution >= 4 is 19.8 Å². The zero-order chi connectivity index (χ0) is 39.3. The molecule has 0 aromatic carbocycles. The number of phosphoric ester groups is 1. The summed E-state index contributed by atoms with van der Waals surface area (Å²) < 4.78 is 32.8. The molecule has 0 radical (unpaired) electrons. The molecule has 1 rings (SSSR count). The van der Waals surface area contributed by atoms with Gasteiger partial charge in [-0.05, 0) is 44.9 Å². The summed E-state index contributed by atoms with van der Waals surface area (Å²) in [5.74, 6) is -1.16. The van der Waals surface area contributed by atoms with E-state index in [1.807, 2.05) is 0 Å². The zero-order valence-electron chi connectivity index (χ0n) is 32.3. The minimum atomic E-state index is -5.09. The summed E-state index contributed by atoms with van der Waals surface area (Å²) in [6.45, 7) is 2.84. The van der Waals surface area contributed by atoms with Gasteiger partial charge >= 0.3 is 19.8 Å². The van der Waals surface area contributed by atoms with Crippen molar-refractivity contribution in [3.63, 3.8) is 0 Å². The Labute approximate surface area is 317 Å². The van der Waals surface area contributed by atoms with Crippen molar-refractivity contribution in [2.45, 2.75) is 198 Å². The van der Waals surface area contributed by atoms with Crippen LogP contribution in [0.15, 0.2) is 24.3 Å². The summed E-state index contributed by atoms with van der Waals surface area (Å²) >= 11 is 0. The van der Waals surface area contributed by atoms with Gasteiger partial charge in [-0.25, -0.2) is 4.57 Å². The molecule has 14 heteroatoms. The van der Waals surface area contributed by atoms with Crippen LogP contribution >= 0.6 is 7.82 Å². The molecule has 0 aliphatic heterocycles. The van der Waals surface area contributed by atoms with E-state index in [4.69, 9.17) is 18.5 Å². The Morgan fingerprint density at radius 1 is 0.585 bits per heavy atom. The molecule has 13 nitrogen and oxygen atoms in total. The lowest BCUT2D eigenvalue weighted by molar-refractivity contribution is -0.220. The Morgan fingerprint density at radius 3 is 1.57 bits per heavy atom. The standard InChI is InChI=1S/C39H71O13P/c1-3-5-6-7-8-9-10-11-12-13-14-15-16-17-18-19-20-21-22-23-24-25-26-28-33(41)51-31(29-49-32(40)27-4-2)30-50-53(47,48)52-39-37(45)35(43)34(42)36(44)38(39)46/h10-11,13-14,31,34-39,42-46H,3-9,12,15-30H2,1-2H3,(H,47,48)/b11-10-,14-13-. The topological polar surface area (TPSA) is 210 Å². The van der Waals surface area contributed by atoms with Gasteiger partial charge in [0.15, 0.2) is 6.10 Å². The average Bonchev–Trinajstić information content (AvgIpc) is 3.13. The number of hydrogen-bond donors (Lipinski definition) is 6. The number of carbonyl (C=O) groups is 2. The molecule has 6 unspecified atom stereocenters. The van der Waals surface area contributed by atoms with Gasteiger partial charge in [0.05, 0.1) is 6.61 Å². The Hall–Kier alpha value is -1.67. The minimum absolute atomic E-state index is 0.0936. The Morgan fingerprint density at radius 2 is 1.06 bits per heavy atom. The van der Waals surface area contributed by atoms with Gasteiger partial charge in [-0.3, -0.25) is 18.6 Å². The van der Waals surface area contributed by atoms with Crippen LogP contribution in [0.2, 0.25) is 0 Å². The van der Waals surface area contributed by atoms with E-state index in [1.165, 1.54) is 77.0 Å². The number of allylic oxidation sites excluding steroid dienone is 4. The van der Waals surface area contributed by atoms with Crippen LogP contribution in [0.25, 0.3) is 0 Å². The molecule has 6 N–H and O–H groups in total. The van der Waals surface area contributed by atoms with Crippen LogP contribution in [0.5, 0.6) is 0 Å². The van der Waals surface area contributed by atoms with Crippen molar-refractivity contribution in [2.75, 3.05) is 13.2 Å². The third-order valence-electron chi connectivity index (χ3n) is 9.27. The maximum absolute atomic E-state index is 12.6. The van der Waals surface area contributed by atoms with Gasteiger partial charge in [-0.1, -0.05) is 122 Å². The van der Waals surface area contributed by atoms with Gasteiger partial charge in [-0.15, -0.1) is 0 Å². The van der Waals surface area contributed by atoms with Crippen LogP contribution in [0.3, 0.4) is 0 Å². The van der Waals surface area contributed by atoms with Gasteiger partial charge in [0.2, 0.25) is 0 Å². The lowest BCUT2D eigenvalue weighted by Crippen LogP contribution is -2.64. The number of rotatable bonds is 32. The number of phosphoric acid groups is 1. The Balaban J connectivity index is 2.22. The number of aliphatic hydroxyl groups is 5. The number of unbranched alkanes of at least 4 members (excludes halogenated alkanes) is 16. The highest BCUT2D eigenvalue weighted by Gasteiger charge is 2.51. The fourth-order valence-electron chi connectivity index (χ4n) is 6.00.